The van der Waals surface area contributed by atoms with E-state index in [9.17, 15) is 37.1 Å². The Kier molecular flexibility index (Phi) is 14.1. The molecule has 3 fully saturated rings. The number of nitrogens with zero attached hydrogens (tertiary/aromatic N) is 7. The van der Waals surface area contributed by atoms with Gasteiger partial charge in [0.25, 0.3) is 11.8 Å². The van der Waals surface area contributed by atoms with Gasteiger partial charge in [-0.2, -0.15) is 13.2 Å². The van der Waals surface area contributed by atoms with Crippen LogP contribution in [0.15, 0.2) is 96.3 Å². The normalized spacial score (nSPS) is 20.9. The summed E-state index contributed by atoms with van der Waals surface area (Å²) in [5.74, 6) is -1.40. The summed E-state index contributed by atoms with van der Waals surface area (Å²) in [7, 11) is 1.86. The van der Waals surface area contributed by atoms with E-state index < -0.39 is 52.5 Å². The molecule has 0 spiro atoms. The van der Waals surface area contributed by atoms with Gasteiger partial charge in [-0.15, -0.1) is 10.2 Å². The lowest BCUT2D eigenvalue weighted by molar-refractivity contribution is -0.137. The number of rotatable bonds is 19. The van der Waals surface area contributed by atoms with Gasteiger partial charge in [0.1, 0.15) is 18.2 Å². The highest BCUT2D eigenvalue weighted by atomic mass is 19.4. The van der Waals surface area contributed by atoms with Crippen LogP contribution in [0.1, 0.15) is 81.0 Å². The number of alkyl halides is 3. The Morgan fingerprint density at radius 2 is 1.62 bits per heavy atom. The van der Waals surface area contributed by atoms with Gasteiger partial charge >= 0.3 is 11.9 Å². The molecule has 4 amide bonds. The maximum atomic E-state index is 14.8. The van der Waals surface area contributed by atoms with Crippen molar-refractivity contribution in [3.8, 4) is 5.69 Å². The summed E-state index contributed by atoms with van der Waals surface area (Å²) in [5.41, 5.74) is 2.29. The van der Waals surface area contributed by atoms with Gasteiger partial charge in [-0.05, 0) is 71.8 Å². The summed E-state index contributed by atoms with van der Waals surface area (Å²) in [5, 5.41) is 13.6. The second-order valence-corrected chi connectivity index (χ2v) is 19.6. The molecule has 3 unspecified atom stereocenters. The topological polar surface area (TPSA) is 193 Å². The summed E-state index contributed by atoms with van der Waals surface area (Å²) in [6, 6.07) is 20.1. The van der Waals surface area contributed by atoms with Crippen LogP contribution in [0.3, 0.4) is 0 Å². The first-order valence-corrected chi connectivity index (χ1v) is 24.6. The molecule has 3 aromatic carbocycles. The van der Waals surface area contributed by atoms with Crippen LogP contribution < -0.4 is 16.3 Å². The molecule has 4 atom stereocenters. The van der Waals surface area contributed by atoms with Crippen LogP contribution in [-0.4, -0.2) is 121 Å². The fourth-order valence-corrected chi connectivity index (χ4v) is 10.4. The molecule has 10 rings (SSSR count). The Labute approximate surface area is 423 Å². The Morgan fingerprint density at radius 3 is 2.31 bits per heavy atom. The predicted octanol–water partition coefficient (Wildman–Crippen LogP) is 5.22. The quantitative estimate of drug-likeness (QED) is 0.0794. The molecule has 0 saturated carbocycles. The Bertz CT molecular complexity index is 3170. The van der Waals surface area contributed by atoms with Crippen LogP contribution in [0.5, 0.6) is 0 Å². The summed E-state index contributed by atoms with van der Waals surface area (Å²) in [4.78, 5) is 67.6. The van der Waals surface area contributed by atoms with Crippen molar-refractivity contribution in [3.05, 3.63) is 147 Å². The molecular weight excluding hydrogens is 964 g/mol. The molecule has 7 heterocycles. The van der Waals surface area contributed by atoms with E-state index in [1.165, 1.54) is 17.0 Å². The van der Waals surface area contributed by atoms with E-state index in [1.807, 2.05) is 54.9 Å². The monoisotopic (exact) mass is 1020 g/mol. The molecular formula is C53H56F3N9O9. The zero-order chi connectivity index (χ0) is 51.9. The number of aromatic nitrogens is 5. The number of hydrogen-bond donors (Lipinski definition) is 2. The van der Waals surface area contributed by atoms with Crippen molar-refractivity contribution in [3.63, 3.8) is 0 Å². The van der Waals surface area contributed by atoms with Gasteiger partial charge in [0.2, 0.25) is 11.8 Å². The zero-order valence-electron chi connectivity index (χ0n) is 41.1. The lowest BCUT2D eigenvalue weighted by Crippen LogP contribution is -2.54. The van der Waals surface area contributed by atoms with Crippen molar-refractivity contribution >= 4 is 34.8 Å². The second-order valence-electron chi connectivity index (χ2n) is 19.6. The molecule has 3 aromatic heterocycles. The standard InChI is InChI=1S/C53H56F3N9O9/c1-32-33(2)62(23-36-20-40(53(54,55)56)43-25-63(51(70)64(43)24-36)38-7-4-6-37(21-38)52(29-73-30-52)22-45-60-58-31-61(45)3)26-44(32)74-19-18-72-28-35-12-10-34(11-13-35)27-71-17-16-57-41-9-5-8-39-47(41)50(69)65(49(39)68)42-14-15-46(66)59-48(42)67/h4-13,20-21,24-25,31-33,42,44,57H,14-19,22-23,26-30H2,1-3H3,(H,59,66,67)/t32?,33?,42?,44-/m1/s1. The Balaban J connectivity index is 0.685. The molecule has 0 bridgehead atoms. The number of carbonyl (C=O) groups is 4. The van der Waals surface area contributed by atoms with Gasteiger partial charge in [0, 0.05) is 69.1 Å². The average Bonchev–Trinajstić information content (AvgIpc) is 4.09. The van der Waals surface area contributed by atoms with Gasteiger partial charge in [-0.3, -0.25) is 43.3 Å². The van der Waals surface area contributed by atoms with Crippen molar-refractivity contribution in [1.29, 1.82) is 0 Å². The third kappa shape index (κ3) is 10.0. The van der Waals surface area contributed by atoms with E-state index in [4.69, 9.17) is 18.9 Å². The van der Waals surface area contributed by atoms with E-state index in [0.717, 1.165) is 37.9 Å². The van der Waals surface area contributed by atoms with Gasteiger partial charge in [-0.25, -0.2) is 4.79 Å². The lowest BCUT2D eigenvalue weighted by Gasteiger charge is -2.41. The first-order chi connectivity index (χ1) is 35.6. The number of pyridine rings is 1. The first kappa shape index (κ1) is 50.5. The van der Waals surface area contributed by atoms with Crippen LogP contribution in [-0.2, 0) is 73.4 Å². The third-order valence-electron chi connectivity index (χ3n) is 14.8. The SMILES string of the molecule is CC1C(C)N(Cc2cc(C(F)(F)F)c3cn(-c4cccc(C5(Cc6nncn6C)COC5)c4)c(=O)n3c2)C[C@H]1OCCOCc1ccc(COCCNc2cccc3c2C(=O)N(C2CCC(=O)NC2=O)C3=O)cc1. The van der Waals surface area contributed by atoms with Gasteiger partial charge in [0.15, 0.2) is 0 Å². The number of aryl methyl sites for hydroxylation is 1. The largest absolute Gasteiger partial charge is 0.418 e. The van der Waals surface area contributed by atoms with Gasteiger partial charge in [0.05, 0.1) is 80.2 Å². The molecule has 0 radical (unpaired) electrons. The number of nitrogens with one attached hydrogen (secondary N) is 2. The summed E-state index contributed by atoms with van der Waals surface area (Å²) >= 11 is 0. The number of carbonyl (C=O) groups excluding carboxylic acids is 4. The number of piperidine rings is 1. The Morgan fingerprint density at radius 1 is 0.878 bits per heavy atom. The van der Waals surface area contributed by atoms with E-state index in [-0.39, 0.29) is 54.1 Å². The minimum atomic E-state index is -4.72. The van der Waals surface area contributed by atoms with Crippen LogP contribution in [0.25, 0.3) is 11.2 Å². The first-order valence-electron chi connectivity index (χ1n) is 24.6. The summed E-state index contributed by atoms with van der Waals surface area (Å²) in [6.45, 7) is 7.63. The number of imide groups is 2. The Hall–Kier alpha value is -7.04. The zero-order valence-corrected chi connectivity index (χ0v) is 41.1. The number of benzene rings is 3. The molecule has 388 valence electrons. The molecule has 74 heavy (non-hydrogen) atoms. The molecule has 0 aliphatic carbocycles. The van der Waals surface area contributed by atoms with E-state index in [2.05, 4.69) is 32.7 Å². The fraction of sp³-hybridized carbons (Fsp3) is 0.415. The molecule has 4 aliphatic rings. The lowest BCUT2D eigenvalue weighted by atomic mass is 9.75. The second kappa shape index (κ2) is 20.7. The number of hydrogen-bond acceptors (Lipinski definition) is 13. The molecule has 3 saturated heterocycles. The third-order valence-corrected chi connectivity index (χ3v) is 14.8. The molecule has 18 nitrogen and oxygen atoms in total. The predicted molar refractivity (Wildman–Crippen MR) is 261 cm³/mol. The highest BCUT2D eigenvalue weighted by Crippen LogP contribution is 2.38. The van der Waals surface area contributed by atoms with Crippen molar-refractivity contribution in [2.45, 2.75) is 82.6 Å². The minimum absolute atomic E-state index is 0.0137. The number of ether oxygens (including phenoxy) is 4. The van der Waals surface area contributed by atoms with Gasteiger partial charge in [-0.1, -0.05) is 49.4 Å². The maximum absolute atomic E-state index is 14.8. The van der Waals surface area contributed by atoms with Crippen molar-refractivity contribution in [2.24, 2.45) is 13.0 Å². The highest BCUT2D eigenvalue weighted by molar-refractivity contribution is 6.25. The van der Waals surface area contributed by atoms with Crippen LogP contribution in [0, 0.1) is 5.92 Å². The number of likely N-dealkylation sites (tertiary alicyclic amines) is 1. The highest BCUT2D eigenvalue weighted by Gasteiger charge is 2.46. The van der Waals surface area contributed by atoms with Crippen LogP contribution >= 0.6 is 0 Å². The molecule has 6 aromatic rings. The van der Waals surface area contributed by atoms with E-state index >= 15 is 0 Å². The number of halogens is 3. The summed E-state index contributed by atoms with van der Waals surface area (Å²) < 4.78 is 72.2. The minimum Gasteiger partial charge on any atom is -0.382 e. The average molecular weight is 1020 g/mol. The smallest absolute Gasteiger partial charge is 0.382 e. The molecule has 21 heteroatoms. The number of amides is 4. The maximum Gasteiger partial charge on any atom is 0.418 e. The van der Waals surface area contributed by atoms with E-state index in [0.29, 0.717) is 82.7 Å². The number of imidazole rings is 1. The van der Waals surface area contributed by atoms with Crippen molar-refractivity contribution < 1.29 is 51.3 Å². The fourth-order valence-electron chi connectivity index (χ4n) is 10.4. The van der Waals surface area contributed by atoms with Gasteiger partial charge < -0.3 is 28.8 Å². The van der Waals surface area contributed by atoms with Crippen LogP contribution in [0.2, 0.25) is 0 Å². The number of anilines is 1. The van der Waals surface area contributed by atoms with Crippen molar-refractivity contribution in [2.75, 3.05) is 51.4 Å². The summed E-state index contributed by atoms with van der Waals surface area (Å²) in [6.07, 6.45) is 0.167. The van der Waals surface area contributed by atoms with Crippen LogP contribution in [0.4, 0.5) is 18.9 Å². The molecule has 4 aliphatic heterocycles. The number of fused-ring (bicyclic) bond motifs is 2. The molecule has 2 N–H and O–H groups in total. The van der Waals surface area contributed by atoms with E-state index in [1.54, 1.807) is 36.7 Å². The van der Waals surface area contributed by atoms with Crippen molar-refractivity contribution in [1.82, 2.24) is 38.8 Å².